The van der Waals surface area contributed by atoms with Crippen molar-refractivity contribution in [3.63, 3.8) is 0 Å². The van der Waals surface area contributed by atoms with Crippen molar-refractivity contribution in [3.05, 3.63) is 33.7 Å². The lowest BCUT2D eigenvalue weighted by atomic mass is 9.91. The second kappa shape index (κ2) is 5.88. The number of aromatic nitrogens is 1. The molecule has 1 aliphatic rings. The molecule has 1 heterocycles. The van der Waals surface area contributed by atoms with Gasteiger partial charge in [-0.25, -0.2) is 8.42 Å². The average Bonchev–Trinajstić information content (AvgIpc) is 2.38. The van der Waals surface area contributed by atoms with Crippen LogP contribution in [0.2, 0.25) is 0 Å². The van der Waals surface area contributed by atoms with Crippen LogP contribution in [-0.4, -0.2) is 31.5 Å². The first-order valence-corrected chi connectivity index (χ1v) is 8.50. The van der Waals surface area contributed by atoms with Gasteiger partial charge in [0, 0.05) is 30.1 Å². The van der Waals surface area contributed by atoms with Crippen LogP contribution in [0, 0.1) is 0 Å². The minimum absolute atomic E-state index is 0.0760. The van der Waals surface area contributed by atoms with Gasteiger partial charge in [-0.1, -0.05) is 13.0 Å². The third-order valence-electron chi connectivity index (χ3n) is 3.58. The van der Waals surface area contributed by atoms with Crippen LogP contribution in [0.15, 0.2) is 16.9 Å². The molecule has 0 aromatic carbocycles. The summed E-state index contributed by atoms with van der Waals surface area (Å²) in [6.45, 7) is 2.12. The van der Waals surface area contributed by atoms with Crippen molar-refractivity contribution in [1.29, 1.82) is 0 Å². The Morgan fingerprint density at radius 2 is 2.21 bits per heavy atom. The van der Waals surface area contributed by atoms with Gasteiger partial charge in [-0.15, -0.1) is 0 Å². The lowest BCUT2D eigenvalue weighted by Crippen LogP contribution is -2.31. The van der Waals surface area contributed by atoms with E-state index < -0.39 is 9.84 Å². The Labute approximate surface area is 113 Å². The summed E-state index contributed by atoms with van der Waals surface area (Å²) in [5.74, 6) is 0.349. The summed E-state index contributed by atoms with van der Waals surface area (Å²) in [6.07, 6.45) is 2.87. The van der Waals surface area contributed by atoms with Crippen LogP contribution in [-0.2, 0) is 16.3 Å². The normalized spacial score (nSPS) is 19.1. The SMILES string of the molecule is CCS(=O)(=O)CCNC1CCCc2[nH]c(=O)ccc21. The van der Waals surface area contributed by atoms with E-state index in [1.807, 2.05) is 6.07 Å². The van der Waals surface area contributed by atoms with Crippen LogP contribution in [0.4, 0.5) is 0 Å². The molecule has 0 fully saturated rings. The zero-order valence-electron chi connectivity index (χ0n) is 11.1. The molecule has 5 nitrogen and oxygen atoms in total. The Kier molecular flexibility index (Phi) is 4.42. The van der Waals surface area contributed by atoms with Gasteiger partial charge >= 0.3 is 0 Å². The molecule has 1 unspecified atom stereocenters. The molecule has 0 spiro atoms. The van der Waals surface area contributed by atoms with Crippen molar-refractivity contribution in [2.75, 3.05) is 18.1 Å². The first-order valence-electron chi connectivity index (χ1n) is 6.68. The molecular weight excluding hydrogens is 264 g/mol. The molecule has 19 heavy (non-hydrogen) atoms. The van der Waals surface area contributed by atoms with Crippen LogP contribution < -0.4 is 10.9 Å². The molecule has 2 N–H and O–H groups in total. The Bertz CT molecular complexity index is 592. The lowest BCUT2D eigenvalue weighted by Gasteiger charge is -2.25. The van der Waals surface area contributed by atoms with Crippen molar-refractivity contribution in [2.24, 2.45) is 0 Å². The number of H-pyrrole nitrogens is 1. The molecular formula is C13H20N2O3S. The molecule has 0 saturated carbocycles. The fraction of sp³-hybridized carbons (Fsp3) is 0.615. The first kappa shape index (κ1) is 14.3. The van der Waals surface area contributed by atoms with Gasteiger partial charge in [0.25, 0.3) is 0 Å². The summed E-state index contributed by atoms with van der Waals surface area (Å²) in [5.41, 5.74) is 2.00. The number of aryl methyl sites for hydroxylation is 1. The minimum Gasteiger partial charge on any atom is -0.326 e. The second-order valence-corrected chi connectivity index (χ2v) is 7.36. The molecule has 6 heteroatoms. The lowest BCUT2D eigenvalue weighted by molar-refractivity contribution is 0.464. The van der Waals surface area contributed by atoms with Crippen molar-refractivity contribution in [1.82, 2.24) is 10.3 Å². The van der Waals surface area contributed by atoms with Crippen LogP contribution in [0.1, 0.15) is 37.1 Å². The number of pyridine rings is 1. The molecule has 0 amide bonds. The van der Waals surface area contributed by atoms with Gasteiger partial charge in [0.1, 0.15) is 0 Å². The highest BCUT2D eigenvalue weighted by Gasteiger charge is 2.20. The standard InChI is InChI=1S/C13H20N2O3S/c1-2-19(17,18)9-8-14-11-4-3-5-12-10(11)6-7-13(16)15-12/h6-7,11,14H,2-5,8-9H2,1H3,(H,15,16). The largest absolute Gasteiger partial charge is 0.326 e. The van der Waals surface area contributed by atoms with E-state index in [0.29, 0.717) is 6.54 Å². The maximum atomic E-state index is 11.4. The fourth-order valence-electron chi connectivity index (χ4n) is 2.45. The number of sulfone groups is 1. The van der Waals surface area contributed by atoms with Gasteiger partial charge in [0.05, 0.1) is 5.75 Å². The van der Waals surface area contributed by atoms with Gasteiger partial charge in [0.2, 0.25) is 5.56 Å². The second-order valence-electron chi connectivity index (χ2n) is 4.89. The minimum atomic E-state index is -2.92. The fourth-order valence-corrected chi connectivity index (χ4v) is 3.16. The van der Waals surface area contributed by atoms with E-state index in [-0.39, 0.29) is 23.1 Å². The number of hydrogen-bond acceptors (Lipinski definition) is 4. The highest BCUT2D eigenvalue weighted by molar-refractivity contribution is 7.91. The van der Waals surface area contributed by atoms with E-state index in [9.17, 15) is 13.2 Å². The summed E-state index contributed by atoms with van der Waals surface area (Å²) < 4.78 is 22.9. The predicted molar refractivity (Wildman–Crippen MR) is 75.1 cm³/mol. The van der Waals surface area contributed by atoms with E-state index in [1.54, 1.807) is 6.92 Å². The maximum absolute atomic E-state index is 11.4. The average molecular weight is 284 g/mol. The Balaban J connectivity index is 2.02. The smallest absolute Gasteiger partial charge is 0.248 e. The van der Waals surface area contributed by atoms with Crippen molar-refractivity contribution in [2.45, 2.75) is 32.2 Å². The van der Waals surface area contributed by atoms with Gasteiger partial charge < -0.3 is 10.3 Å². The van der Waals surface area contributed by atoms with Crippen LogP contribution in [0.3, 0.4) is 0 Å². The van der Waals surface area contributed by atoms with Gasteiger partial charge in [0.15, 0.2) is 9.84 Å². The number of rotatable bonds is 5. The number of nitrogens with one attached hydrogen (secondary N) is 2. The highest BCUT2D eigenvalue weighted by Crippen LogP contribution is 2.27. The molecule has 1 aliphatic carbocycles. The molecule has 0 saturated heterocycles. The van der Waals surface area contributed by atoms with E-state index in [2.05, 4.69) is 10.3 Å². The Morgan fingerprint density at radius 3 is 2.95 bits per heavy atom. The quantitative estimate of drug-likeness (QED) is 0.837. The van der Waals surface area contributed by atoms with Crippen molar-refractivity contribution in [3.8, 4) is 0 Å². The van der Waals surface area contributed by atoms with E-state index in [0.717, 1.165) is 30.5 Å². The van der Waals surface area contributed by atoms with Gasteiger partial charge in [-0.3, -0.25) is 4.79 Å². The molecule has 1 aromatic rings. The maximum Gasteiger partial charge on any atom is 0.248 e. The summed E-state index contributed by atoms with van der Waals surface area (Å²) in [5, 5.41) is 3.29. The zero-order chi connectivity index (χ0) is 13.9. The molecule has 1 aromatic heterocycles. The van der Waals surface area contributed by atoms with Crippen LogP contribution in [0.25, 0.3) is 0 Å². The predicted octanol–water partition coefficient (Wildman–Crippen LogP) is 0.777. The summed E-state index contributed by atoms with van der Waals surface area (Å²) in [6, 6.07) is 3.52. The molecule has 2 rings (SSSR count). The summed E-state index contributed by atoms with van der Waals surface area (Å²) in [4.78, 5) is 14.1. The third kappa shape index (κ3) is 3.67. The zero-order valence-corrected chi connectivity index (χ0v) is 11.9. The molecule has 0 radical (unpaired) electrons. The van der Waals surface area contributed by atoms with Gasteiger partial charge in [-0.2, -0.15) is 0 Å². The van der Waals surface area contributed by atoms with E-state index in [4.69, 9.17) is 0 Å². The highest BCUT2D eigenvalue weighted by atomic mass is 32.2. The molecule has 0 aliphatic heterocycles. The molecule has 106 valence electrons. The van der Waals surface area contributed by atoms with E-state index in [1.165, 1.54) is 6.07 Å². The number of fused-ring (bicyclic) bond motifs is 1. The number of hydrogen-bond donors (Lipinski definition) is 2. The number of aromatic amines is 1. The Morgan fingerprint density at radius 1 is 1.42 bits per heavy atom. The van der Waals surface area contributed by atoms with Gasteiger partial charge in [-0.05, 0) is 24.8 Å². The Hall–Kier alpha value is -1.14. The molecule has 1 atom stereocenters. The monoisotopic (exact) mass is 284 g/mol. The van der Waals surface area contributed by atoms with Crippen molar-refractivity contribution >= 4 is 9.84 Å². The topological polar surface area (TPSA) is 79.0 Å². The van der Waals surface area contributed by atoms with Crippen LogP contribution >= 0.6 is 0 Å². The molecule has 0 bridgehead atoms. The summed E-state index contributed by atoms with van der Waals surface area (Å²) >= 11 is 0. The summed E-state index contributed by atoms with van der Waals surface area (Å²) in [7, 11) is -2.92. The van der Waals surface area contributed by atoms with E-state index >= 15 is 0 Å². The third-order valence-corrected chi connectivity index (χ3v) is 5.28. The van der Waals surface area contributed by atoms with Crippen molar-refractivity contribution < 1.29 is 8.42 Å². The first-order chi connectivity index (χ1) is 9.02. The van der Waals surface area contributed by atoms with Crippen LogP contribution in [0.5, 0.6) is 0 Å².